The summed E-state index contributed by atoms with van der Waals surface area (Å²) in [6, 6.07) is 8.46. The number of Topliss-reactive ketones (excluding diaryl/α,β-unsaturated/α-hetero) is 1. The average Bonchev–Trinajstić information content (AvgIpc) is 2.18. The summed E-state index contributed by atoms with van der Waals surface area (Å²) < 4.78 is 0. The van der Waals surface area contributed by atoms with Crippen molar-refractivity contribution < 1.29 is 4.79 Å². The van der Waals surface area contributed by atoms with Crippen molar-refractivity contribution in [3.63, 3.8) is 0 Å². The van der Waals surface area contributed by atoms with Crippen LogP contribution in [0.25, 0.3) is 0 Å². The van der Waals surface area contributed by atoms with E-state index in [1.54, 1.807) is 0 Å². The lowest BCUT2D eigenvalue weighted by atomic mass is 9.75. The summed E-state index contributed by atoms with van der Waals surface area (Å²) in [6.45, 7) is 4.21. The van der Waals surface area contributed by atoms with Crippen molar-refractivity contribution in [2.45, 2.75) is 32.1 Å². The Balaban J connectivity index is 2.36. The smallest absolute Gasteiger partial charge is 0.137 e. The van der Waals surface area contributed by atoms with Crippen LogP contribution in [0, 0.1) is 6.92 Å². The Morgan fingerprint density at radius 1 is 1.20 bits per heavy atom. The standard InChI is InChI=1S/C14H16O/c1-11-5-7-12(8-6-11)14(2)9-3-4-13(15)10-14/h3,5-9H,4,10H2,1-2H3. The molecule has 0 aliphatic heterocycles. The number of aryl methyl sites for hydroxylation is 1. The first-order valence-electron chi connectivity index (χ1n) is 5.37. The van der Waals surface area contributed by atoms with Crippen molar-refractivity contribution in [2.75, 3.05) is 0 Å². The van der Waals surface area contributed by atoms with E-state index in [2.05, 4.69) is 44.2 Å². The summed E-state index contributed by atoms with van der Waals surface area (Å²) in [5, 5.41) is 0. The van der Waals surface area contributed by atoms with Crippen LogP contribution in [0.3, 0.4) is 0 Å². The Hall–Kier alpha value is -1.37. The lowest BCUT2D eigenvalue weighted by Crippen LogP contribution is -2.26. The van der Waals surface area contributed by atoms with E-state index in [9.17, 15) is 4.79 Å². The lowest BCUT2D eigenvalue weighted by Gasteiger charge is -2.28. The Kier molecular flexibility index (Phi) is 2.47. The third kappa shape index (κ3) is 2.01. The van der Waals surface area contributed by atoms with E-state index in [1.165, 1.54) is 11.1 Å². The van der Waals surface area contributed by atoms with Gasteiger partial charge in [0.1, 0.15) is 5.78 Å². The van der Waals surface area contributed by atoms with Crippen LogP contribution in [-0.4, -0.2) is 5.78 Å². The minimum atomic E-state index is -0.0942. The SMILES string of the molecule is Cc1ccc(C2(C)C=CCC(=O)C2)cc1. The monoisotopic (exact) mass is 200 g/mol. The summed E-state index contributed by atoms with van der Waals surface area (Å²) in [6.07, 6.45) is 5.39. The molecule has 0 bridgehead atoms. The maximum absolute atomic E-state index is 11.5. The van der Waals surface area contributed by atoms with Gasteiger partial charge in [0.15, 0.2) is 0 Å². The van der Waals surface area contributed by atoms with Gasteiger partial charge in [-0.2, -0.15) is 0 Å². The molecule has 0 radical (unpaired) electrons. The van der Waals surface area contributed by atoms with Crippen LogP contribution in [0.4, 0.5) is 0 Å². The number of allylic oxidation sites excluding steroid dienone is 2. The van der Waals surface area contributed by atoms with E-state index >= 15 is 0 Å². The van der Waals surface area contributed by atoms with Gasteiger partial charge in [0.25, 0.3) is 0 Å². The van der Waals surface area contributed by atoms with Crippen LogP contribution in [0.1, 0.15) is 30.9 Å². The zero-order chi connectivity index (χ0) is 10.9. The fourth-order valence-electron chi connectivity index (χ4n) is 2.12. The molecule has 1 aromatic rings. The number of ketones is 1. The second-order valence-corrected chi connectivity index (χ2v) is 4.61. The number of rotatable bonds is 1. The molecule has 0 aromatic heterocycles. The molecule has 1 aromatic carbocycles. The highest BCUT2D eigenvalue weighted by atomic mass is 16.1. The van der Waals surface area contributed by atoms with Gasteiger partial charge in [-0.3, -0.25) is 4.79 Å². The molecule has 15 heavy (non-hydrogen) atoms. The molecule has 1 unspecified atom stereocenters. The molecule has 0 N–H and O–H groups in total. The van der Waals surface area contributed by atoms with E-state index in [4.69, 9.17) is 0 Å². The van der Waals surface area contributed by atoms with Gasteiger partial charge in [-0.25, -0.2) is 0 Å². The normalized spacial score (nSPS) is 25.6. The molecule has 2 rings (SSSR count). The largest absolute Gasteiger partial charge is 0.299 e. The minimum absolute atomic E-state index is 0.0942. The molecule has 0 saturated carbocycles. The summed E-state index contributed by atoms with van der Waals surface area (Å²) in [5.74, 6) is 0.334. The summed E-state index contributed by atoms with van der Waals surface area (Å²) in [4.78, 5) is 11.5. The Labute approximate surface area is 90.8 Å². The van der Waals surface area contributed by atoms with Gasteiger partial charge in [-0.15, -0.1) is 0 Å². The summed E-state index contributed by atoms with van der Waals surface area (Å²) in [7, 11) is 0. The molecular weight excluding hydrogens is 184 g/mol. The van der Waals surface area contributed by atoms with Crippen molar-refractivity contribution in [1.82, 2.24) is 0 Å². The molecule has 1 aliphatic carbocycles. The van der Waals surface area contributed by atoms with Gasteiger partial charge in [0, 0.05) is 18.3 Å². The predicted octanol–water partition coefficient (Wildman–Crippen LogP) is 3.17. The van der Waals surface area contributed by atoms with Crippen LogP contribution < -0.4 is 0 Å². The minimum Gasteiger partial charge on any atom is -0.299 e. The fourth-order valence-corrected chi connectivity index (χ4v) is 2.12. The molecule has 0 fully saturated rings. The topological polar surface area (TPSA) is 17.1 Å². The predicted molar refractivity (Wildman–Crippen MR) is 61.9 cm³/mol. The highest BCUT2D eigenvalue weighted by molar-refractivity contribution is 5.83. The van der Waals surface area contributed by atoms with Crippen molar-refractivity contribution in [2.24, 2.45) is 0 Å². The Bertz CT molecular complexity index is 400. The molecule has 78 valence electrons. The van der Waals surface area contributed by atoms with Crippen molar-refractivity contribution in [1.29, 1.82) is 0 Å². The van der Waals surface area contributed by atoms with E-state index in [0.717, 1.165) is 0 Å². The maximum Gasteiger partial charge on any atom is 0.137 e. The second-order valence-electron chi connectivity index (χ2n) is 4.61. The second kappa shape index (κ2) is 3.65. The van der Waals surface area contributed by atoms with E-state index < -0.39 is 0 Å². The quantitative estimate of drug-likeness (QED) is 0.636. The van der Waals surface area contributed by atoms with Crippen LogP contribution >= 0.6 is 0 Å². The van der Waals surface area contributed by atoms with Crippen LogP contribution in [0.5, 0.6) is 0 Å². The van der Waals surface area contributed by atoms with Crippen LogP contribution in [-0.2, 0) is 10.2 Å². The molecule has 1 nitrogen and oxygen atoms in total. The van der Waals surface area contributed by atoms with E-state index in [-0.39, 0.29) is 5.41 Å². The van der Waals surface area contributed by atoms with Gasteiger partial charge in [-0.1, -0.05) is 48.9 Å². The van der Waals surface area contributed by atoms with Gasteiger partial charge in [-0.05, 0) is 12.5 Å². The lowest BCUT2D eigenvalue weighted by molar-refractivity contribution is -0.119. The number of benzene rings is 1. The fraction of sp³-hybridized carbons (Fsp3) is 0.357. The van der Waals surface area contributed by atoms with E-state index in [1.807, 2.05) is 6.08 Å². The van der Waals surface area contributed by atoms with E-state index in [0.29, 0.717) is 18.6 Å². The van der Waals surface area contributed by atoms with Crippen molar-refractivity contribution in [3.8, 4) is 0 Å². The third-order valence-electron chi connectivity index (χ3n) is 3.11. The molecule has 1 atom stereocenters. The summed E-state index contributed by atoms with van der Waals surface area (Å²) >= 11 is 0. The van der Waals surface area contributed by atoms with Crippen LogP contribution in [0.2, 0.25) is 0 Å². The molecule has 0 saturated heterocycles. The first-order valence-corrected chi connectivity index (χ1v) is 5.37. The maximum atomic E-state index is 11.5. The molecule has 0 amide bonds. The Morgan fingerprint density at radius 2 is 1.87 bits per heavy atom. The van der Waals surface area contributed by atoms with Crippen LogP contribution in [0.15, 0.2) is 36.4 Å². The van der Waals surface area contributed by atoms with Gasteiger partial charge in [0.05, 0.1) is 0 Å². The third-order valence-corrected chi connectivity index (χ3v) is 3.11. The highest BCUT2D eigenvalue weighted by Crippen LogP contribution is 2.33. The molecule has 1 aliphatic rings. The number of carbonyl (C=O) groups is 1. The zero-order valence-electron chi connectivity index (χ0n) is 9.29. The Morgan fingerprint density at radius 3 is 2.47 bits per heavy atom. The molecule has 1 heteroatoms. The van der Waals surface area contributed by atoms with Gasteiger partial charge < -0.3 is 0 Å². The molecular formula is C14H16O. The summed E-state index contributed by atoms with van der Waals surface area (Å²) in [5.41, 5.74) is 2.40. The van der Waals surface area contributed by atoms with Crippen molar-refractivity contribution >= 4 is 5.78 Å². The zero-order valence-corrected chi connectivity index (χ0v) is 9.29. The number of carbonyl (C=O) groups excluding carboxylic acids is 1. The van der Waals surface area contributed by atoms with Gasteiger partial charge in [0.2, 0.25) is 0 Å². The molecule has 0 spiro atoms. The first-order chi connectivity index (χ1) is 7.10. The number of hydrogen-bond donors (Lipinski definition) is 0. The highest BCUT2D eigenvalue weighted by Gasteiger charge is 2.28. The molecule has 0 heterocycles. The number of hydrogen-bond acceptors (Lipinski definition) is 1. The van der Waals surface area contributed by atoms with Gasteiger partial charge >= 0.3 is 0 Å². The van der Waals surface area contributed by atoms with Crippen molar-refractivity contribution in [3.05, 3.63) is 47.5 Å². The first kappa shape index (κ1) is 10.2. The average molecular weight is 200 g/mol.